The van der Waals surface area contributed by atoms with Crippen molar-refractivity contribution in [3.63, 3.8) is 0 Å². The van der Waals surface area contributed by atoms with Crippen LogP contribution in [0.25, 0.3) is 28.4 Å². The molecule has 4 rings (SSSR count). The van der Waals surface area contributed by atoms with E-state index in [0.29, 0.717) is 38.1 Å². The molecule has 0 aliphatic rings. The molecule has 0 aliphatic carbocycles. The van der Waals surface area contributed by atoms with Crippen LogP contribution in [-0.4, -0.2) is 19.7 Å². The van der Waals surface area contributed by atoms with E-state index in [9.17, 15) is 18.0 Å². The van der Waals surface area contributed by atoms with Gasteiger partial charge in [0.25, 0.3) is 0 Å². The van der Waals surface area contributed by atoms with Crippen molar-refractivity contribution >= 4 is 45.9 Å². The second kappa shape index (κ2) is 8.85. The predicted octanol–water partition coefficient (Wildman–Crippen LogP) is 6.68. The van der Waals surface area contributed by atoms with Crippen LogP contribution in [0.2, 0.25) is 10.0 Å². The molecule has 0 unspecified atom stereocenters. The van der Waals surface area contributed by atoms with Gasteiger partial charge >= 0.3 is 6.18 Å². The lowest BCUT2D eigenvalue weighted by molar-refractivity contribution is -0.141. The first-order chi connectivity index (χ1) is 16.0. The Bertz CT molecular complexity index is 1510. The molecule has 0 radical (unpaired) electrons. The number of rotatable bonds is 3. The second-order valence-electron chi connectivity index (χ2n) is 7.75. The van der Waals surface area contributed by atoms with Gasteiger partial charge in [-0.1, -0.05) is 29.3 Å². The number of hydrogen-bond donors (Lipinski definition) is 0. The molecule has 1 aromatic carbocycles. The number of benzene rings is 1. The highest BCUT2D eigenvalue weighted by Gasteiger charge is 2.32. The molecule has 0 N–H and O–H groups in total. The van der Waals surface area contributed by atoms with Gasteiger partial charge in [-0.3, -0.25) is 9.78 Å². The smallest absolute Gasteiger partial charge is 0.285 e. The summed E-state index contributed by atoms with van der Waals surface area (Å²) in [7, 11) is 0. The normalized spacial score (nSPS) is 12.4. The summed E-state index contributed by atoms with van der Waals surface area (Å²) in [4.78, 5) is 21.3. The van der Waals surface area contributed by atoms with Crippen LogP contribution in [0.1, 0.15) is 35.1 Å². The lowest BCUT2D eigenvalue weighted by atomic mass is 10.1. The molecule has 3 aromatic heterocycles. The zero-order valence-corrected chi connectivity index (χ0v) is 19.7. The number of allylic oxidation sites excluding steroid dienone is 1. The van der Waals surface area contributed by atoms with Gasteiger partial charge in [-0.15, -0.1) is 0 Å². The first kappa shape index (κ1) is 23.9. The topological polar surface area (TPSA) is 60.7 Å². The third kappa shape index (κ3) is 4.56. The highest BCUT2D eigenvalue weighted by molar-refractivity contribution is 6.35. The lowest BCUT2D eigenvalue weighted by Crippen LogP contribution is -2.19. The summed E-state index contributed by atoms with van der Waals surface area (Å²) in [5.74, 6) is 0. The molecule has 0 aliphatic heterocycles. The Morgan fingerprint density at radius 2 is 1.82 bits per heavy atom. The van der Waals surface area contributed by atoms with Crippen molar-refractivity contribution in [3.8, 4) is 5.69 Å². The lowest BCUT2D eigenvalue weighted by Gasteiger charge is -2.15. The molecule has 0 bridgehead atoms. The van der Waals surface area contributed by atoms with Gasteiger partial charge in [0, 0.05) is 16.9 Å². The summed E-state index contributed by atoms with van der Waals surface area (Å²) >= 11 is 12.5. The minimum absolute atomic E-state index is 0.0779. The number of aryl methyl sites for hydroxylation is 2. The van der Waals surface area contributed by atoms with E-state index in [0.717, 1.165) is 17.8 Å². The van der Waals surface area contributed by atoms with Gasteiger partial charge < -0.3 is 0 Å². The molecule has 0 saturated heterocycles. The number of fused-ring (bicyclic) bond motifs is 1. The molecule has 174 valence electrons. The molecule has 34 heavy (non-hydrogen) atoms. The van der Waals surface area contributed by atoms with Crippen LogP contribution in [0.3, 0.4) is 0 Å². The number of halogens is 5. The average Bonchev–Trinajstić information content (AvgIpc) is 2.76. The van der Waals surface area contributed by atoms with Gasteiger partial charge in [-0.25, -0.2) is 9.67 Å². The van der Waals surface area contributed by atoms with Crippen LogP contribution in [0.4, 0.5) is 13.2 Å². The maximum atomic E-state index is 13.3. The van der Waals surface area contributed by atoms with E-state index in [1.165, 1.54) is 16.8 Å². The maximum absolute atomic E-state index is 13.3. The molecule has 5 nitrogen and oxygen atoms in total. The van der Waals surface area contributed by atoms with E-state index in [-0.39, 0.29) is 11.2 Å². The Morgan fingerprint density at radius 3 is 2.44 bits per heavy atom. The minimum Gasteiger partial charge on any atom is -0.285 e. The quantitative estimate of drug-likeness (QED) is 0.312. The van der Waals surface area contributed by atoms with Crippen LogP contribution in [-0.2, 0) is 6.18 Å². The number of nitrogens with zero attached hydrogens (tertiary/aromatic N) is 4. The summed E-state index contributed by atoms with van der Waals surface area (Å²) in [5, 5.41) is 5.31. The number of aromatic nitrogens is 4. The molecular formula is C24H17Cl2F3N4O. The molecule has 0 fully saturated rings. The summed E-state index contributed by atoms with van der Waals surface area (Å²) in [6.45, 7) is 5.31. The fourth-order valence-corrected chi connectivity index (χ4v) is 3.89. The molecule has 0 atom stereocenters. The van der Waals surface area contributed by atoms with E-state index in [4.69, 9.17) is 23.2 Å². The largest absolute Gasteiger partial charge is 0.433 e. The van der Waals surface area contributed by atoms with Gasteiger partial charge in [0.1, 0.15) is 16.9 Å². The van der Waals surface area contributed by atoms with E-state index >= 15 is 0 Å². The first-order valence-corrected chi connectivity index (χ1v) is 10.8. The van der Waals surface area contributed by atoms with Gasteiger partial charge in [0.15, 0.2) is 0 Å². The van der Waals surface area contributed by atoms with Crippen molar-refractivity contribution in [2.45, 2.75) is 26.9 Å². The summed E-state index contributed by atoms with van der Waals surface area (Å²) in [5.41, 5.74) is 2.17. The fraction of sp³-hybridized carbons (Fsp3) is 0.167. The third-order valence-corrected chi connectivity index (χ3v) is 5.81. The Balaban J connectivity index is 1.94. The van der Waals surface area contributed by atoms with Crippen molar-refractivity contribution in [1.82, 2.24) is 19.7 Å². The van der Waals surface area contributed by atoms with E-state index in [1.807, 2.05) is 6.92 Å². The van der Waals surface area contributed by atoms with Crippen LogP contribution in [0.15, 0.2) is 47.4 Å². The Hall–Kier alpha value is -3.23. The first-order valence-electron chi connectivity index (χ1n) is 10.0. The Labute approximate surface area is 202 Å². The highest BCUT2D eigenvalue weighted by Crippen LogP contribution is 2.29. The Morgan fingerprint density at radius 1 is 1.09 bits per heavy atom. The van der Waals surface area contributed by atoms with Crippen molar-refractivity contribution < 1.29 is 13.2 Å². The van der Waals surface area contributed by atoms with Crippen molar-refractivity contribution in [2.75, 3.05) is 0 Å². The van der Waals surface area contributed by atoms with E-state index in [1.54, 1.807) is 38.1 Å². The van der Waals surface area contributed by atoms with Gasteiger partial charge in [-0.2, -0.15) is 18.3 Å². The van der Waals surface area contributed by atoms with E-state index < -0.39 is 17.3 Å². The minimum atomic E-state index is -4.54. The number of hydrogen-bond acceptors (Lipinski definition) is 4. The highest BCUT2D eigenvalue weighted by atomic mass is 35.5. The van der Waals surface area contributed by atoms with Crippen LogP contribution in [0, 0.1) is 13.8 Å². The van der Waals surface area contributed by atoms with Crippen LogP contribution >= 0.6 is 23.2 Å². The summed E-state index contributed by atoms with van der Waals surface area (Å²) < 4.78 is 40.0. The molecule has 0 spiro atoms. The summed E-state index contributed by atoms with van der Waals surface area (Å²) in [6, 6.07) is 8.86. The maximum Gasteiger partial charge on any atom is 0.433 e. The van der Waals surface area contributed by atoms with Crippen molar-refractivity contribution in [1.29, 1.82) is 0 Å². The SMILES string of the molecule is C/C(=C\c1ccc(C(F)(F)F)nc1)c1nn(-c2ccc(Cl)cc2Cl)c2cc(C)c(C)nc2c1=O. The van der Waals surface area contributed by atoms with Gasteiger partial charge in [0.2, 0.25) is 5.43 Å². The van der Waals surface area contributed by atoms with Crippen LogP contribution in [0.5, 0.6) is 0 Å². The third-order valence-electron chi connectivity index (χ3n) is 5.28. The molecule has 0 saturated carbocycles. The molecule has 4 aromatic rings. The molecule has 0 amide bonds. The number of pyridine rings is 2. The molecule has 3 heterocycles. The van der Waals surface area contributed by atoms with Crippen molar-refractivity contribution in [2.24, 2.45) is 0 Å². The number of alkyl halides is 3. The van der Waals surface area contributed by atoms with Gasteiger partial charge in [-0.05, 0) is 73.9 Å². The predicted molar refractivity (Wildman–Crippen MR) is 127 cm³/mol. The van der Waals surface area contributed by atoms with Crippen LogP contribution < -0.4 is 5.43 Å². The van der Waals surface area contributed by atoms with Crippen molar-refractivity contribution in [3.05, 3.63) is 91.1 Å². The van der Waals surface area contributed by atoms with Gasteiger partial charge in [0.05, 0.1) is 16.2 Å². The fourth-order valence-electron chi connectivity index (χ4n) is 3.40. The zero-order valence-electron chi connectivity index (χ0n) is 18.2. The molecule has 10 heteroatoms. The standard InChI is InChI=1S/C24H17Cl2F3N4O/c1-12-9-19-22(31-14(12)3)23(34)21(32-33(19)18-6-5-16(25)10-17(18)26)13(2)8-15-4-7-20(30-11-15)24(27,28)29/h4-11H,1-3H3/b13-8+. The monoisotopic (exact) mass is 504 g/mol. The summed E-state index contributed by atoms with van der Waals surface area (Å²) in [6.07, 6.45) is -1.91. The zero-order chi connectivity index (χ0) is 24.8. The van der Waals surface area contributed by atoms with E-state index in [2.05, 4.69) is 15.1 Å². The Kier molecular flexibility index (Phi) is 6.22. The average molecular weight is 505 g/mol. The second-order valence-corrected chi connectivity index (χ2v) is 8.59. The molecular weight excluding hydrogens is 488 g/mol.